The molecule has 18 heteroatoms. The first-order valence-electron chi connectivity index (χ1n) is 32.7. The van der Waals surface area contributed by atoms with Gasteiger partial charge in [-0.25, -0.2) is 29.7 Å². The maximum Gasteiger partial charge on any atom is 0.488 e. The van der Waals surface area contributed by atoms with Gasteiger partial charge in [-0.3, -0.25) is 0 Å². The van der Waals surface area contributed by atoms with Crippen LogP contribution in [0.3, 0.4) is 0 Å². The molecule has 12 aromatic carbocycles. The minimum Gasteiger partial charge on any atom is -0.423 e. The van der Waals surface area contributed by atoms with Crippen molar-refractivity contribution in [2.45, 2.75) is 0 Å². The molecule has 4 aromatic heterocycles. The predicted octanol–water partition coefficient (Wildman–Crippen LogP) is 18.2. The van der Waals surface area contributed by atoms with Gasteiger partial charge in [0.25, 0.3) is 0 Å². The Balaban J connectivity index is 0.000000155. The average molecular weight is 1390 g/mol. The number of aromatic nitrogens is 12. The van der Waals surface area contributed by atoms with Gasteiger partial charge >= 0.3 is 7.12 Å². The van der Waals surface area contributed by atoms with Crippen LogP contribution in [0.15, 0.2) is 356 Å². The third kappa shape index (κ3) is 16.1. The highest BCUT2D eigenvalue weighted by atomic mass is 79.9. The first-order chi connectivity index (χ1) is 50.3. The van der Waals surface area contributed by atoms with E-state index in [-0.39, 0.29) is 0 Å². The maximum absolute atomic E-state index is 8.58. The van der Waals surface area contributed by atoms with Crippen LogP contribution in [0.1, 0.15) is 0 Å². The van der Waals surface area contributed by atoms with Crippen LogP contribution in [0, 0.1) is 0 Å². The van der Waals surface area contributed by atoms with Crippen molar-refractivity contribution in [3.8, 4) is 102 Å². The van der Waals surface area contributed by atoms with Crippen molar-refractivity contribution < 1.29 is 10.0 Å². The van der Waals surface area contributed by atoms with Crippen LogP contribution in [0.25, 0.3) is 102 Å². The Kier molecular flexibility index (Phi) is 20.7. The Labute approximate surface area is 598 Å². The van der Waals surface area contributed by atoms with Gasteiger partial charge in [0.1, 0.15) is 0 Å². The molecule has 0 amide bonds. The van der Waals surface area contributed by atoms with E-state index in [0.29, 0.717) is 75.9 Å². The molecule has 0 fully saturated rings. The molecule has 0 aliphatic heterocycles. The molecule has 16 nitrogen and oxygen atoms in total. The van der Waals surface area contributed by atoms with E-state index in [1.165, 1.54) is 0 Å². The normalized spacial score (nSPS) is 10.7. The molecule has 0 radical (unpaired) electrons. The van der Waals surface area contributed by atoms with Crippen molar-refractivity contribution in [2.75, 3.05) is 9.80 Å². The number of rotatable bonds is 16. The molecule has 0 aliphatic rings. The highest BCUT2D eigenvalue weighted by molar-refractivity contribution is 9.10. The molecule has 0 atom stereocenters. The summed E-state index contributed by atoms with van der Waals surface area (Å²) in [6, 6.07) is 114. The van der Waals surface area contributed by atoms with Gasteiger partial charge in [-0.15, -0.1) is 0 Å². The quantitative estimate of drug-likeness (QED) is 0.0864. The summed E-state index contributed by atoms with van der Waals surface area (Å²) in [6.07, 6.45) is 0. The topological polar surface area (TPSA) is 202 Å². The van der Waals surface area contributed by atoms with Crippen molar-refractivity contribution in [3.63, 3.8) is 0 Å². The molecule has 488 valence electrons. The summed E-state index contributed by atoms with van der Waals surface area (Å²) < 4.78 is 0.942. The minimum atomic E-state index is -1.34. The summed E-state index contributed by atoms with van der Waals surface area (Å²) >= 11 is 3.57. The zero-order valence-electron chi connectivity index (χ0n) is 54.6. The Morgan fingerprint density at radius 3 is 0.569 bits per heavy atom. The van der Waals surface area contributed by atoms with Crippen LogP contribution in [0.2, 0.25) is 0 Å². The number of anilines is 6. The molecular formula is C84H60BBrN14O2. The fourth-order valence-corrected chi connectivity index (χ4v) is 11.1. The Hall–Kier alpha value is -13.3. The summed E-state index contributed by atoms with van der Waals surface area (Å²) in [5, 5.41) is 17.2. The second-order valence-electron chi connectivity index (χ2n) is 22.9. The molecule has 16 aromatic rings. The van der Waals surface area contributed by atoms with Gasteiger partial charge in [-0.1, -0.05) is 331 Å². The zero-order chi connectivity index (χ0) is 69.2. The van der Waals surface area contributed by atoms with Crippen LogP contribution >= 0.6 is 15.9 Å². The van der Waals surface area contributed by atoms with Crippen molar-refractivity contribution >= 4 is 63.7 Å². The van der Waals surface area contributed by atoms with Gasteiger partial charge in [0.05, 0.1) is 11.4 Å². The van der Waals surface area contributed by atoms with Crippen LogP contribution in [-0.4, -0.2) is 77.0 Å². The zero-order valence-corrected chi connectivity index (χ0v) is 56.2. The van der Waals surface area contributed by atoms with Crippen molar-refractivity contribution in [2.24, 2.45) is 0 Å². The summed E-state index contributed by atoms with van der Waals surface area (Å²) in [6.45, 7) is 0. The second-order valence-corrected chi connectivity index (χ2v) is 23.8. The number of nitrogens with zero attached hydrogens (tertiary/aromatic N) is 14. The lowest BCUT2D eigenvalue weighted by molar-refractivity contribution is 0.426. The molecule has 0 saturated heterocycles. The average Bonchev–Trinajstić information content (AvgIpc) is 0.777. The molecule has 16 rings (SSSR count). The number of hydrogen-bond donors (Lipinski definition) is 2. The Morgan fingerprint density at radius 2 is 0.373 bits per heavy atom. The van der Waals surface area contributed by atoms with Crippen molar-refractivity contribution in [3.05, 3.63) is 356 Å². The first-order valence-corrected chi connectivity index (χ1v) is 33.5. The van der Waals surface area contributed by atoms with Crippen LogP contribution < -0.4 is 15.3 Å². The molecule has 102 heavy (non-hydrogen) atoms. The number of hydrogen-bond acceptors (Lipinski definition) is 16. The van der Waals surface area contributed by atoms with E-state index in [1.807, 2.05) is 313 Å². The lowest BCUT2D eigenvalue weighted by Crippen LogP contribution is -2.29. The molecule has 0 bridgehead atoms. The lowest BCUT2D eigenvalue weighted by atomic mass is 9.81. The SMILES string of the molecule is Brc1ccc(N(c2nc(-c3ccccc3)nc(-c3ccccc3)n2)c2nc(-c3ccccc3)nc(-c3ccccc3)n2)cc1.OB(O)c1ccccc1.c1ccc(-c2ccc(N(c3nc(-c4ccccc4)nc(-c4ccccc4)n3)c3nc(-c4ccccc4)nc(-c4ccccc4)n3)cc2)cc1. The predicted molar refractivity (Wildman–Crippen MR) is 409 cm³/mol. The van der Waals surface area contributed by atoms with Gasteiger partial charge in [-0.05, 0) is 53.0 Å². The molecule has 0 saturated carbocycles. The van der Waals surface area contributed by atoms with E-state index in [1.54, 1.807) is 24.3 Å². The molecule has 0 unspecified atom stereocenters. The summed E-state index contributed by atoms with van der Waals surface area (Å²) in [7, 11) is -1.34. The van der Waals surface area contributed by atoms with Crippen LogP contribution in [-0.2, 0) is 0 Å². The van der Waals surface area contributed by atoms with Gasteiger partial charge in [0, 0.05) is 49.0 Å². The fraction of sp³-hybridized carbons (Fsp3) is 0. The first kappa shape index (κ1) is 66.0. The summed E-state index contributed by atoms with van der Waals surface area (Å²) in [5.41, 5.74) is 11.3. The van der Waals surface area contributed by atoms with Gasteiger partial charge in [0.2, 0.25) is 23.8 Å². The van der Waals surface area contributed by atoms with Gasteiger partial charge < -0.3 is 10.0 Å². The standard InChI is InChI=1S/C42H29N7.C36H24BrN7.C6H7BO2/c1-6-16-30(17-7-1)31-26-28-36(29-27-31)49(41-45-37(32-18-8-2-9-19-32)43-38(46-41)33-20-10-3-11-21-33)42-47-39(34-22-12-4-13-23-34)44-40(48-42)35-24-14-5-15-25-35;37-29-21-23-30(24-22-29)44(35-40-31(25-13-5-1-6-14-25)38-32(41-35)26-15-7-2-8-16-26)36-42-33(27-17-9-3-10-18-27)39-34(43-36)28-19-11-4-12-20-28;8-7(9)6-4-2-1-3-5-6/h1-29H;1-24H;1-5,8-9H. The summed E-state index contributed by atoms with van der Waals surface area (Å²) in [4.78, 5) is 63.6. The monoisotopic (exact) mass is 1390 g/mol. The van der Waals surface area contributed by atoms with E-state index in [2.05, 4.69) is 40.2 Å². The minimum absolute atomic E-state index is 0.379. The van der Waals surface area contributed by atoms with Crippen molar-refractivity contribution in [1.29, 1.82) is 0 Å². The molecule has 2 N–H and O–H groups in total. The third-order valence-electron chi connectivity index (χ3n) is 16.0. The Bertz CT molecular complexity index is 4880. The molecular weight excluding hydrogens is 1330 g/mol. The van der Waals surface area contributed by atoms with Crippen LogP contribution in [0.5, 0.6) is 0 Å². The fourth-order valence-electron chi connectivity index (χ4n) is 10.9. The Morgan fingerprint density at radius 1 is 0.196 bits per heavy atom. The molecule has 0 aliphatic carbocycles. The van der Waals surface area contributed by atoms with Crippen molar-refractivity contribution in [1.82, 2.24) is 59.8 Å². The van der Waals surface area contributed by atoms with Gasteiger partial charge in [-0.2, -0.15) is 39.9 Å². The van der Waals surface area contributed by atoms with Gasteiger partial charge in [0.15, 0.2) is 46.6 Å². The largest absolute Gasteiger partial charge is 0.488 e. The summed E-state index contributed by atoms with van der Waals surface area (Å²) in [5.74, 6) is 5.82. The van der Waals surface area contributed by atoms with E-state index >= 15 is 0 Å². The molecule has 0 spiro atoms. The highest BCUT2D eigenvalue weighted by Crippen LogP contribution is 2.38. The van der Waals surface area contributed by atoms with E-state index < -0.39 is 7.12 Å². The smallest absolute Gasteiger partial charge is 0.423 e. The number of halogens is 1. The van der Waals surface area contributed by atoms with Crippen LogP contribution in [0.4, 0.5) is 35.2 Å². The lowest BCUT2D eigenvalue weighted by Gasteiger charge is -2.23. The number of benzene rings is 12. The van der Waals surface area contributed by atoms with E-state index in [9.17, 15) is 0 Å². The maximum atomic E-state index is 8.58. The van der Waals surface area contributed by atoms with E-state index in [0.717, 1.165) is 71.5 Å². The highest BCUT2D eigenvalue weighted by Gasteiger charge is 2.27. The molecule has 4 heterocycles. The van der Waals surface area contributed by atoms with E-state index in [4.69, 9.17) is 69.9 Å². The third-order valence-corrected chi connectivity index (χ3v) is 16.5. The second kappa shape index (κ2) is 32.0.